The van der Waals surface area contributed by atoms with Gasteiger partial charge in [-0.05, 0) is 38.5 Å². The van der Waals surface area contributed by atoms with Crippen molar-refractivity contribution in [2.75, 3.05) is 33.0 Å². The van der Waals surface area contributed by atoms with Crippen LogP contribution in [0.3, 0.4) is 0 Å². The molecule has 0 aromatic rings. The first-order valence-electron chi connectivity index (χ1n) is 19.2. The van der Waals surface area contributed by atoms with E-state index >= 15 is 0 Å². The molecule has 0 rings (SSSR count). The van der Waals surface area contributed by atoms with Crippen LogP contribution in [0.4, 0.5) is 0 Å². The van der Waals surface area contributed by atoms with Crippen molar-refractivity contribution >= 4 is 13.8 Å². The minimum absolute atomic E-state index is 0.0514. The number of hydrogen-bond donors (Lipinski definition) is 3. The fraction of sp³-hybridized carbons (Fsp3) is 0.919. The Morgan fingerprint density at radius 1 is 0.638 bits per heavy atom. The molecule has 9 nitrogen and oxygen atoms in total. The summed E-state index contributed by atoms with van der Waals surface area (Å²) in [7, 11) is -4.50. The van der Waals surface area contributed by atoms with Crippen molar-refractivity contribution in [3.05, 3.63) is 12.2 Å². The van der Waals surface area contributed by atoms with Gasteiger partial charge in [-0.3, -0.25) is 13.8 Å². The van der Waals surface area contributed by atoms with Crippen molar-refractivity contribution in [1.29, 1.82) is 0 Å². The monoisotopic (exact) mass is 692 g/mol. The van der Waals surface area contributed by atoms with Crippen LogP contribution in [0.25, 0.3) is 0 Å². The number of ether oxygens (including phenoxy) is 2. The first-order chi connectivity index (χ1) is 22.8. The highest BCUT2D eigenvalue weighted by Crippen LogP contribution is 2.43. The molecule has 0 aliphatic heterocycles. The molecule has 0 aliphatic rings. The van der Waals surface area contributed by atoms with Gasteiger partial charge in [-0.15, -0.1) is 0 Å². The molecule has 280 valence electrons. The second kappa shape index (κ2) is 35.0. The summed E-state index contributed by atoms with van der Waals surface area (Å²) >= 11 is 0. The second-order valence-electron chi connectivity index (χ2n) is 13.0. The summed E-state index contributed by atoms with van der Waals surface area (Å²) in [6, 6.07) is 0. The fourth-order valence-electron chi connectivity index (χ4n) is 5.23. The van der Waals surface area contributed by atoms with E-state index < -0.39 is 33.2 Å². The molecule has 10 heteroatoms. The summed E-state index contributed by atoms with van der Waals surface area (Å²) in [5.41, 5.74) is 0. The lowest BCUT2D eigenvalue weighted by Gasteiger charge is -2.20. The Labute approximate surface area is 288 Å². The Balaban J connectivity index is 4.13. The Bertz CT molecular complexity index is 749. The number of esters is 1. The highest BCUT2D eigenvalue weighted by atomic mass is 31.2. The predicted octanol–water partition coefficient (Wildman–Crippen LogP) is 9.75. The molecule has 0 saturated heterocycles. The average molecular weight is 693 g/mol. The Morgan fingerprint density at radius 2 is 1.09 bits per heavy atom. The largest absolute Gasteiger partial charge is 0.472 e. The van der Waals surface area contributed by atoms with Gasteiger partial charge in [0.2, 0.25) is 0 Å². The quantitative estimate of drug-likeness (QED) is 0.0252. The lowest BCUT2D eigenvalue weighted by Crippen LogP contribution is -2.29. The number of phosphoric acid groups is 1. The number of rotatable bonds is 37. The molecule has 0 saturated carbocycles. The van der Waals surface area contributed by atoms with E-state index in [1.807, 2.05) is 0 Å². The zero-order valence-corrected chi connectivity index (χ0v) is 31.2. The molecule has 0 aliphatic carbocycles. The van der Waals surface area contributed by atoms with E-state index in [0.29, 0.717) is 6.61 Å². The molecule has 0 amide bonds. The number of phosphoric ester groups is 1. The Hall–Kier alpha value is -0.800. The van der Waals surface area contributed by atoms with Gasteiger partial charge in [0.1, 0.15) is 12.2 Å². The normalized spacial score (nSPS) is 14.4. The van der Waals surface area contributed by atoms with E-state index in [9.17, 15) is 19.4 Å². The molecule has 0 spiro atoms. The lowest BCUT2D eigenvalue weighted by molar-refractivity contribution is -0.154. The van der Waals surface area contributed by atoms with E-state index in [4.69, 9.17) is 23.6 Å². The average Bonchev–Trinajstić information content (AvgIpc) is 3.06. The topological polar surface area (TPSA) is 132 Å². The van der Waals surface area contributed by atoms with Gasteiger partial charge in [0.05, 0.1) is 26.4 Å². The van der Waals surface area contributed by atoms with Gasteiger partial charge in [0, 0.05) is 13.0 Å². The number of carbonyl (C=O) groups is 1. The maximum atomic E-state index is 12.5. The predicted molar refractivity (Wildman–Crippen MR) is 191 cm³/mol. The number of carbonyl (C=O) groups excluding carboxylic acids is 1. The van der Waals surface area contributed by atoms with E-state index in [1.54, 1.807) is 0 Å². The number of aliphatic hydroxyl groups excluding tert-OH is 2. The molecular weight excluding hydrogens is 619 g/mol. The molecule has 3 N–H and O–H groups in total. The van der Waals surface area contributed by atoms with Crippen LogP contribution in [-0.4, -0.2) is 66.3 Å². The van der Waals surface area contributed by atoms with Gasteiger partial charge < -0.3 is 24.6 Å². The van der Waals surface area contributed by atoms with E-state index in [0.717, 1.165) is 44.9 Å². The molecule has 0 heterocycles. The standard InChI is InChI=1S/C37H73O9P/c1-3-5-7-9-11-13-14-15-16-17-18-19-20-21-22-23-25-27-29-37(40)46-36(34-45-47(41,42)44-32-35(39)31-38)33-43-30-28-26-24-12-10-8-6-4-2/h16-17,35-36,38-39H,3-15,18-34H2,1-2H3,(H,41,42)/b17-16-. The Kier molecular flexibility index (Phi) is 34.4. The molecule has 0 radical (unpaired) electrons. The summed E-state index contributed by atoms with van der Waals surface area (Å²) in [5, 5.41) is 18.2. The maximum absolute atomic E-state index is 12.5. The fourth-order valence-corrected chi connectivity index (χ4v) is 6.02. The number of allylic oxidation sites excluding steroid dienone is 2. The SMILES string of the molecule is CCCCCCCCC/C=C\CCCCCCCCCC(=O)OC(COCCCCCCCCCC)COP(=O)(O)OCC(O)CO. The van der Waals surface area contributed by atoms with Crippen molar-refractivity contribution in [2.24, 2.45) is 0 Å². The molecule has 0 bridgehead atoms. The third-order valence-electron chi connectivity index (χ3n) is 8.20. The highest BCUT2D eigenvalue weighted by Gasteiger charge is 2.26. The second-order valence-corrected chi connectivity index (χ2v) is 14.4. The van der Waals surface area contributed by atoms with Gasteiger partial charge in [-0.1, -0.05) is 142 Å². The van der Waals surface area contributed by atoms with Crippen molar-refractivity contribution in [1.82, 2.24) is 0 Å². The van der Waals surface area contributed by atoms with E-state index in [-0.39, 0.29) is 25.6 Å². The molecule has 47 heavy (non-hydrogen) atoms. The van der Waals surface area contributed by atoms with Gasteiger partial charge in [0.25, 0.3) is 0 Å². The Morgan fingerprint density at radius 3 is 1.60 bits per heavy atom. The van der Waals surface area contributed by atoms with E-state index in [1.165, 1.54) is 109 Å². The van der Waals surface area contributed by atoms with Crippen LogP contribution in [0.2, 0.25) is 0 Å². The van der Waals surface area contributed by atoms with Crippen molar-refractivity contribution in [2.45, 2.75) is 187 Å². The third-order valence-corrected chi connectivity index (χ3v) is 9.15. The summed E-state index contributed by atoms with van der Waals surface area (Å²) < 4.78 is 33.1. The van der Waals surface area contributed by atoms with Crippen LogP contribution < -0.4 is 0 Å². The molecular formula is C37H73O9P. The highest BCUT2D eigenvalue weighted by molar-refractivity contribution is 7.47. The molecule has 0 aromatic heterocycles. The van der Waals surface area contributed by atoms with Crippen LogP contribution >= 0.6 is 7.82 Å². The lowest BCUT2D eigenvalue weighted by atomic mass is 10.1. The van der Waals surface area contributed by atoms with Crippen molar-refractivity contribution < 1.29 is 43.0 Å². The zero-order valence-electron chi connectivity index (χ0n) is 30.3. The van der Waals surface area contributed by atoms with Gasteiger partial charge in [-0.2, -0.15) is 0 Å². The van der Waals surface area contributed by atoms with Gasteiger partial charge >= 0.3 is 13.8 Å². The first-order valence-corrected chi connectivity index (χ1v) is 20.7. The first kappa shape index (κ1) is 46.2. The summed E-state index contributed by atoms with van der Waals surface area (Å²) in [5.74, 6) is -0.387. The van der Waals surface area contributed by atoms with Crippen LogP contribution in [0.1, 0.15) is 174 Å². The van der Waals surface area contributed by atoms with Crippen LogP contribution in [0.5, 0.6) is 0 Å². The van der Waals surface area contributed by atoms with Crippen LogP contribution in [0.15, 0.2) is 12.2 Å². The van der Waals surface area contributed by atoms with Crippen LogP contribution in [0, 0.1) is 0 Å². The number of unbranched alkanes of at least 4 members (excludes halogenated alkanes) is 21. The smallest absolute Gasteiger partial charge is 0.457 e. The number of aliphatic hydroxyl groups is 2. The van der Waals surface area contributed by atoms with Crippen LogP contribution in [-0.2, 0) is 27.9 Å². The minimum Gasteiger partial charge on any atom is -0.457 e. The van der Waals surface area contributed by atoms with Gasteiger partial charge in [0.15, 0.2) is 0 Å². The minimum atomic E-state index is -4.50. The van der Waals surface area contributed by atoms with Crippen molar-refractivity contribution in [3.8, 4) is 0 Å². The van der Waals surface area contributed by atoms with Crippen molar-refractivity contribution in [3.63, 3.8) is 0 Å². The number of hydrogen-bond acceptors (Lipinski definition) is 8. The summed E-state index contributed by atoms with van der Waals surface area (Å²) in [6.07, 6.45) is 31.8. The third kappa shape index (κ3) is 34.8. The molecule has 0 fully saturated rings. The molecule has 0 aromatic carbocycles. The molecule has 3 unspecified atom stereocenters. The van der Waals surface area contributed by atoms with Gasteiger partial charge in [-0.25, -0.2) is 4.57 Å². The summed E-state index contributed by atoms with van der Waals surface area (Å²) in [6.45, 7) is 3.49. The zero-order chi connectivity index (χ0) is 34.7. The molecule has 3 atom stereocenters. The summed E-state index contributed by atoms with van der Waals surface area (Å²) in [4.78, 5) is 22.4. The maximum Gasteiger partial charge on any atom is 0.472 e. The van der Waals surface area contributed by atoms with E-state index in [2.05, 4.69) is 26.0 Å².